The number of fused-ring (bicyclic) bond motifs is 2. The number of hydrogen-bond acceptors (Lipinski definition) is 0. The number of halogens is 2. The maximum absolute atomic E-state index is 8.71. The van der Waals surface area contributed by atoms with E-state index in [0.29, 0.717) is 11.8 Å². The van der Waals surface area contributed by atoms with Gasteiger partial charge in [-0.05, 0) is 0 Å². The second-order valence-electron chi connectivity index (χ2n) is 16.7. The first-order valence-electron chi connectivity index (χ1n) is 18.5. The van der Waals surface area contributed by atoms with Crippen molar-refractivity contribution in [3.05, 3.63) is 129 Å². The van der Waals surface area contributed by atoms with Gasteiger partial charge in [-0.2, -0.15) is 0 Å². The van der Waals surface area contributed by atoms with Crippen LogP contribution in [0, 0.1) is 5.92 Å². The Balaban J connectivity index is 1.54. The first kappa shape index (κ1) is 36.8. The summed E-state index contributed by atoms with van der Waals surface area (Å²) in [4.78, 5) is 0. The molecule has 0 saturated heterocycles. The Bertz CT molecular complexity index is 1920. The molecule has 3 unspecified atom stereocenters. The molecule has 0 aromatic heterocycles. The van der Waals surface area contributed by atoms with Gasteiger partial charge in [0, 0.05) is 0 Å². The summed E-state index contributed by atoms with van der Waals surface area (Å²) < 4.78 is 0.180. The van der Waals surface area contributed by atoms with Crippen molar-refractivity contribution in [2.24, 2.45) is 5.92 Å². The molecule has 0 aliphatic heterocycles. The zero-order chi connectivity index (χ0) is 35.5. The molecule has 257 valence electrons. The van der Waals surface area contributed by atoms with E-state index >= 15 is 0 Å². The van der Waals surface area contributed by atoms with Crippen LogP contribution in [0.4, 0.5) is 0 Å². The third-order valence-electron chi connectivity index (χ3n) is 11.8. The number of hydrogen-bond donors (Lipinski definition) is 0. The molecule has 0 heterocycles. The van der Waals surface area contributed by atoms with Gasteiger partial charge in [0.25, 0.3) is 0 Å². The van der Waals surface area contributed by atoms with Crippen LogP contribution >= 0.6 is 17.0 Å². The van der Waals surface area contributed by atoms with Crippen molar-refractivity contribution in [3.63, 3.8) is 0 Å². The van der Waals surface area contributed by atoms with Crippen molar-refractivity contribution in [1.82, 2.24) is 0 Å². The van der Waals surface area contributed by atoms with Gasteiger partial charge in [0.1, 0.15) is 0 Å². The van der Waals surface area contributed by atoms with Gasteiger partial charge in [-0.25, -0.2) is 0 Å². The van der Waals surface area contributed by atoms with Gasteiger partial charge in [-0.15, -0.1) is 0 Å². The average molecular weight is 786 g/mol. The summed E-state index contributed by atoms with van der Waals surface area (Å²) >= 11 is -4.85. The molecule has 4 aromatic rings. The zero-order valence-corrected chi connectivity index (χ0v) is 36.4. The van der Waals surface area contributed by atoms with Crippen molar-refractivity contribution in [1.29, 1.82) is 0 Å². The van der Waals surface area contributed by atoms with E-state index in [0.717, 1.165) is 12.8 Å². The number of allylic oxidation sites excluding steroid dienone is 2. The average Bonchev–Trinajstić information content (AvgIpc) is 3.63. The van der Waals surface area contributed by atoms with Crippen LogP contribution < -0.4 is 0 Å². The Kier molecular flexibility index (Phi) is 10.2. The Hall–Kier alpha value is -1.96. The van der Waals surface area contributed by atoms with Gasteiger partial charge in [0.15, 0.2) is 0 Å². The summed E-state index contributed by atoms with van der Waals surface area (Å²) in [7, 11) is 17.4. The molecule has 0 N–H and O–H groups in total. The molecular formula is C45H55Cl2SiZr. The monoisotopic (exact) mass is 783 g/mol. The summed E-state index contributed by atoms with van der Waals surface area (Å²) in [6.45, 7) is 23.3. The fourth-order valence-corrected chi connectivity index (χ4v) is 41.0. The van der Waals surface area contributed by atoms with Crippen LogP contribution in [-0.4, -0.2) is 5.92 Å². The van der Waals surface area contributed by atoms with Gasteiger partial charge in [0.05, 0.1) is 0 Å². The molecule has 2 aliphatic rings. The zero-order valence-electron chi connectivity index (χ0n) is 31.3. The van der Waals surface area contributed by atoms with Gasteiger partial charge >= 0.3 is 308 Å². The summed E-state index contributed by atoms with van der Waals surface area (Å²) in [5.74, 6) is -0.723. The first-order chi connectivity index (χ1) is 23.1. The van der Waals surface area contributed by atoms with E-state index in [1.165, 1.54) is 66.8 Å². The van der Waals surface area contributed by atoms with E-state index in [1.54, 1.807) is 0 Å². The first-order valence-corrected chi connectivity index (χ1v) is 34.8. The van der Waals surface area contributed by atoms with E-state index < -0.39 is 21.5 Å². The van der Waals surface area contributed by atoms with Crippen LogP contribution in [0.2, 0.25) is 13.1 Å². The molecule has 2 aliphatic carbocycles. The summed E-state index contributed by atoms with van der Waals surface area (Å²) in [6.07, 6.45) is 7.24. The quantitative estimate of drug-likeness (QED) is 0.148. The molecule has 0 fully saturated rings. The maximum atomic E-state index is 8.71. The molecule has 4 heteroatoms. The molecule has 0 radical (unpaired) electrons. The molecule has 0 nitrogen and oxygen atoms in total. The predicted molar refractivity (Wildman–Crippen MR) is 218 cm³/mol. The third-order valence-corrected chi connectivity index (χ3v) is 63.8. The summed E-state index contributed by atoms with van der Waals surface area (Å²) in [5, 5.41) is 0. The van der Waals surface area contributed by atoms with Crippen molar-refractivity contribution in [2.75, 3.05) is 0 Å². The van der Waals surface area contributed by atoms with E-state index in [-0.39, 0.29) is 12.7 Å². The molecule has 49 heavy (non-hydrogen) atoms. The molecule has 0 amide bonds. The fraction of sp³-hybridized carbons (Fsp3) is 0.378. The van der Waals surface area contributed by atoms with Crippen LogP contribution in [-0.2, 0) is 21.0 Å². The standard InChI is InChI=1S/C24H29.C19H19.C2H7Si.2ClH.Zr/c1-6-8-17(2)20-15-19-9-7-10-22(23(19)16-20)18-11-13-21(14-12-18)24(3,4)5;1-13(2)15-7-9-16(10-8-15)18-6-4-5-17-11-14(3)12-19(17)18;1-3-2;;;/h7,9-17H,6,8H2,1-5H3;4-13H,1-3H3;3H,1-2H3;2*1H;/q;;;;;+2/p-2. The topological polar surface area (TPSA) is 0 Å². The van der Waals surface area contributed by atoms with Gasteiger partial charge < -0.3 is 0 Å². The SMILES string of the molecule is CCCC(C)C1=Cc2c(-c3ccc(C(C)(C)C)cc3)cccc2[CH]1[Zr]([Cl])([Cl])([CH]1C(C)=Cc2c(-c3ccc(C(C)C)cc3)cccc21)[SiH](C)C. The Morgan fingerprint density at radius 3 is 1.71 bits per heavy atom. The predicted octanol–water partition coefficient (Wildman–Crippen LogP) is 14.5. The second-order valence-corrected chi connectivity index (χ2v) is 59.2. The normalized spacial score (nSPS) is 18.9. The third kappa shape index (κ3) is 6.30. The molecule has 6 rings (SSSR count). The van der Waals surface area contributed by atoms with Crippen LogP contribution in [0.5, 0.6) is 0 Å². The van der Waals surface area contributed by atoms with Crippen molar-refractivity contribution in [2.45, 2.75) is 99.9 Å². The van der Waals surface area contributed by atoms with E-state index in [4.69, 9.17) is 17.0 Å². The Labute approximate surface area is 305 Å². The van der Waals surface area contributed by atoms with Crippen molar-refractivity contribution < 1.29 is 15.6 Å². The van der Waals surface area contributed by atoms with Crippen molar-refractivity contribution >= 4 is 35.1 Å². The van der Waals surface area contributed by atoms with Crippen LogP contribution in [0.1, 0.15) is 115 Å². The Morgan fingerprint density at radius 2 is 1.22 bits per heavy atom. The Morgan fingerprint density at radius 1 is 0.714 bits per heavy atom. The molecule has 4 aromatic carbocycles. The number of rotatable bonds is 9. The van der Waals surface area contributed by atoms with Gasteiger partial charge in [-0.1, -0.05) is 0 Å². The van der Waals surface area contributed by atoms with Crippen LogP contribution in [0.15, 0.2) is 96.1 Å². The van der Waals surface area contributed by atoms with Crippen molar-refractivity contribution in [3.8, 4) is 22.3 Å². The molecule has 0 spiro atoms. The van der Waals surface area contributed by atoms with E-state index in [1.807, 2.05) is 0 Å². The van der Waals surface area contributed by atoms with E-state index in [9.17, 15) is 0 Å². The molecular weight excluding hydrogens is 731 g/mol. The molecule has 0 bridgehead atoms. The van der Waals surface area contributed by atoms with Crippen LogP contribution in [0.3, 0.4) is 0 Å². The van der Waals surface area contributed by atoms with E-state index in [2.05, 4.69) is 166 Å². The number of benzene rings is 4. The van der Waals surface area contributed by atoms with Crippen LogP contribution in [0.25, 0.3) is 34.4 Å². The minimum atomic E-state index is -4.85. The summed E-state index contributed by atoms with van der Waals surface area (Å²) in [5.41, 5.74) is 16.2. The fourth-order valence-electron chi connectivity index (χ4n) is 8.89. The van der Waals surface area contributed by atoms with Gasteiger partial charge in [0.2, 0.25) is 0 Å². The minimum absolute atomic E-state index is 0.0872. The summed E-state index contributed by atoms with van der Waals surface area (Å²) in [6, 6.07) is 32.2. The molecule has 3 atom stereocenters. The molecule has 0 saturated carbocycles. The van der Waals surface area contributed by atoms with Gasteiger partial charge in [-0.3, -0.25) is 0 Å². The second kappa shape index (κ2) is 13.5.